The van der Waals surface area contributed by atoms with Crippen LogP contribution in [-0.4, -0.2) is 17.7 Å². The first-order chi connectivity index (χ1) is 12.2. The van der Waals surface area contributed by atoms with E-state index in [2.05, 4.69) is 11.1 Å². The molecule has 0 aliphatic carbocycles. The molecule has 2 heterocycles. The first-order valence-electron chi connectivity index (χ1n) is 7.79. The van der Waals surface area contributed by atoms with Crippen molar-refractivity contribution in [2.75, 3.05) is 6.79 Å². The number of hydrogen-bond acceptors (Lipinski definition) is 6. The van der Waals surface area contributed by atoms with Gasteiger partial charge in [-0.3, -0.25) is 4.79 Å². The molecule has 0 amide bonds. The van der Waals surface area contributed by atoms with Crippen molar-refractivity contribution >= 4 is 17.3 Å². The van der Waals surface area contributed by atoms with Crippen molar-refractivity contribution in [1.29, 1.82) is 0 Å². The highest BCUT2D eigenvalue weighted by molar-refractivity contribution is 7.13. The summed E-state index contributed by atoms with van der Waals surface area (Å²) in [6.07, 6.45) is 0.122. The van der Waals surface area contributed by atoms with Crippen molar-refractivity contribution in [3.63, 3.8) is 0 Å². The third-order valence-corrected chi connectivity index (χ3v) is 4.66. The number of esters is 1. The second kappa shape index (κ2) is 6.57. The summed E-state index contributed by atoms with van der Waals surface area (Å²) in [7, 11) is 0. The summed E-state index contributed by atoms with van der Waals surface area (Å²) in [6.45, 7) is 2.23. The molecule has 0 atom stereocenters. The number of thiazole rings is 1. The van der Waals surface area contributed by atoms with Crippen LogP contribution in [0.15, 0.2) is 47.8 Å². The van der Waals surface area contributed by atoms with Gasteiger partial charge in [0.1, 0.15) is 10.8 Å². The lowest BCUT2D eigenvalue weighted by atomic mass is 10.1. The van der Waals surface area contributed by atoms with Gasteiger partial charge in [0.15, 0.2) is 11.5 Å². The van der Waals surface area contributed by atoms with Gasteiger partial charge in [-0.25, -0.2) is 4.98 Å². The molecule has 6 heteroatoms. The fraction of sp³-hybridized carbons (Fsp3) is 0.158. The van der Waals surface area contributed by atoms with E-state index in [9.17, 15) is 4.79 Å². The van der Waals surface area contributed by atoms with Crippen molar-refractivity contribution < 1.29 is 19.0 Å². The van der Waals surface area contributed by atoms with E-state index in [1.165, 1.54) is 16.9 Å². The topological polar surface area (TPSA) is 57.7 Å². The Hall–Kier alpha value is -2.86. The van der Waals surface area contributed by atoms with Crippen LogP contribution in [-0.2, 0) is 11.2 Å². The van der Waals surface area contributed by atoms with Gasteiger partial charge in [0.25, 0.3) is 0 Å². The van der Waals surface area contributed by atoms with Crippen LogP contribution < -0.4 is 14.2 Å². The van der Waals surface area contributed by atoms with Gasteiger partial charge in [-0.15, -0.1) is 11.3 Å². The summed E-state index contributed by atoms with van der Waals surface area (Å²) in [5.41, 5.74) is 2.93. The van der Waals surface area contributed by atoms with Crippen LogP contribution in [0.2, 0.25) is 0 Å². The van der Waals surface area contributed by atoms with Gasteiger partial charge in [-0.05, 0) is 25.1 Å². The lowest BCUT2D eigenvalue weighted by molar-refractivity contribution is -0.133. The van der Waals surface area contributed by atoms with Gasteiger partial charge in [0, 0.05) is 17.0 Å². The second-order valence-electron chi connectivity index (χ2n) is 5.68. The van der Waals surface area contributed by atoms with Crippen molar-refractivity contribution in [3.8, 4) is 27.8 Å². The maximum Gasteiger partial charge on any atom is 0.317 e. The van der Waals surface area contributed by atoms with Gasteiger partial charge in [-0.1, -0.05) is 23.8 Å². The van der Waals surface area contributed by atoms with Crippen LogP contribution in [0.3, 0.4) is 0 Å². The van der Waals surface area contributed by atoms with Gasteiger partial charge >= 0.3 is 5.97 Å². The van der Waals surface area contributed by atoms with Gasteiger partial charge in [0.05, 0.1) is 12.1 Å². The molecule has 1 aliphatic heterocycles. The van der Waals surface area contributed by atoms with Gasteiger partial charge < -0.3 is 14.2 Å². The van der Waals surface area contributed by atoms with Crippen LogP contribution in [0.1, 0.15) is 11.3 Å². The molecule has 5 nitrogen and oxygen atoms in total. The van der Waals surface area contributed by atoms with E-state index in [0.717, 1.165) is 10.6 Å². The summed E-state index contributed by atoms with van der Waals surface area (Å²) < 4.78 is 15.9. The number of fused-ring (bicyclic) bond motifs is 1. The number of aromatic nitrogens is 1. The first kappa shape index (κ1) is 15.7. The van der Waals surface area contributed by atoms with E-state index in [4.69, 9.17) is 14.2 Å². The average molecular weight is 353 g/mol. The molecule has 0 unspecified atom stereocenters. The summed E-state index contributed by atoms with van der Waals surface area (Å²) >= 11 is 1.52. The molecule has 2 aromatic carbocycles. The fourth-order valence-electron chi connectivity index (χ4n) is 2.55. The van der Waals surface area contributed by atoms with E-state index in [1.807, 2.05) is 30.5 Å². The molecular weight excluding hydrogens is 338 g/mol. The van der Waals surface area contributed by atoms with E-state index >= 15 is 0 Å². The van der Waals surface area contributed by atoms with Crippen molar-refractivity contribution in [1.82, 2.24) is 4.98 Å². The number of hydrogen-bond donors (Lipinski definition) is 0. The molecule has 0 radical (unpaired) electrons. The predicted octanol–water partition coefficient (Wildman–Crippen LogP) is 4.00. The van der Waals surface area contributed by atoms with Crippen LogP contribution in [0.4, 0.5) is 0 Å². The zero-order valence-electron chi connectivity index (χ0n) is 13.5. The Morgan fingerprint density at radius 3 is 2.96 bits per heavy atom. The number of ether oxygens (including phenoxy) is 3. The average Bonchev–Trinajstić information content (AvgIpc) is 3.23. The van der Waals surface area contributed by atoms with E-state index in [0.29, 0.717) is 22.9 Å². The number of carbonyl (C=O) groups is 1. The zero-order chi connectivity index (χ0) is 17.2. The Bertz CT molecular complexity index is 935. The lowest BCUT2D eigenvalue weighted by Gasteiger charge is -2.04. The standard InChI is InChI=1S/C19H15NO4S/c1-12-3-2-4-13(7-12)19-20-14(10-25-19)8-18(21)24-15-5-6-16-17(9-15)23-11-22-16/h2-7,9-10H,8,11H2,1H3. The third kappa shape index (κ3) is 3.49. The van der Waals surface area contributed by atoms with E-state index in [1.54, 1.807) is 18.2 Å². The monoisotopic (exact) mass is 353 g/mol. The van der Waals surface area contributed by atoms with Crippen molar-refractivity contribution in [2.45, 2.75) is 13.3 Å². The maximum atomic E-state index is 12.2. The molecular formula is C19H15NO4S. The van der Waals surface area contributed by atoms with Crippen LogP contribution in [0, 0.1) is 6.92 Å². The van der Waals surface area contributed by atoms with Crippen molar-refractivity contribution in [3.05, 3.63) is 59.1 Å². The third-order valence-electron chi connectivity index (χ3n) is 3.72. The molecule has 3 aromatic rings. The fourth-order valence-corrected chi connectivity index (χ4v) is 3.37. The van der Waals surface area contributed by atoms with Crippen LogP contribution >= 0.6 is 11.3 Å². The Balaban J connectivity index is 1.43. The number of nitrogens with zero attached hydrogens (tertiary/aromatic N) is 1. The Kier molecular flexibility index (Phi) is 4.11. The predicted molar refractivity (Wildman–Crippen MR) is 94.2 cm³/mol. The molecule has 0 N–H and O–H groups in total. The van der Waals surface area contributed by atoms with Crippen LogP contribution in [0.5, 0.6) is 17.2 Å². The molecule has 0 spiro atoms. The number of carbonyl (C=O) groups excluding carboxylic acids is 1. The molecule has 0 saturated heterocycles. The zero-order valence-corrected chi connectivity index (χ0v) is 14.3. The first-order valence-corrected chi connectivity index (χ1v) is 8.67. The summed E-state index contributed by atoms with van der Waals surface area (Å²) in [4.78, 5) is 16.7. The quantitative estimate of drug-likeness (QED) is 0.524. The Morgan fingerprint density at radius 2 is 2.08 bits per heavy atom. The molecule has 25 heavy (non-hydrogen) atoms. The highest BCUT2D eigenvalue weighted by Crippen LogP contribution is 2.35. The Labute approximate surface area is 148 Å². The lowest BCUT2D eigenvalue weighted by Crippen LogP contribution is -2.11. The minimum Gasteiger partial charge on any atom is -0.454 e. The van der Waals surface area contributed by atoms with Gasteiger partial charge in [0.2, 0.25) is 6.79 Å². The molecule has 126 valence electrons. The van der Waals surface area contributed by atoms with Crippen LogP contribution in [0.25, 0.3) is 10.6 Å². The highest BCUT2D eigenvalue weighted by Gasteiger charge is 2.16. The highest BCUT2D eigenvalue weighted by atomic mass is 32.1. The second-order valence-corrected chi connectivity index (χ2v) is 6.54. The number of benzene rings is 2. The minimum atomic E-state index is -0.361. The maximum absolute atomic E-state index is 12.2. The minimum absolute atomic E-state index is 0.122. The van der Waals surface area contributed by atoms with E-state index in [-0.39, 0.29) is 19.2 Å². The van der Waals surface area contributed by atoms with E-state index < -0.39 is 0 Å². The number of aryl methyl sites for hydroxylation is 1. The largest absolute Gasteiger partial charge is 0.454 e. The van der Waals surface area contributed by atoms with Crippen molar-refractivity contribution in [2.24, 2.45) is 0 Å². The normalized spacial score (nSPS) is 12.2. The van der Waals surface area contributed by atoms with Gasteiger partial charge in [-0.2, -0.15) is 0 Å². The molecule has 0 saturated carbocycles. The summed E-state index contributed by atoms with van der Waals surface area (Å²) in [5.74, 6) is 1.31. The number of rotatable bonds is 4. The molecule has 0 bridgehead atoms. The molecule has 1 aromatic heterocycles. The smallest absolute Gasteiger partial charge is 0.317 e. The Morgan fingerprint density at radius 1 is 1.20 bits per heavy atom. The summed E-state index contributed by atoms with van der Waals surface area (Å²) in [6, 6.07) is 13.2. The molecule has 4 rings (SSSR count). The summed E-state index contributed by atoms with van der Waals surface area (Å²) in [5, 5.41) is 2.79. The molecule has 0 fully saturated rings. The molecule has 1 aliphatic rings. The SMILES string of the molecule is Cc1cccc(-c2nc(CC(=O)Oc3ccc4c(c3)OCO4)cs2)c1.